The number of alkyl halides is 3. The summed E-state index contributed by atoms with van der Waals surface area (Å²) in [6, 6.07) is 10.2. The number of benzene rings is 3. The summed E-state index contributed by atoms with van der Waals surface area (Å²) in [5, 5.41) is 18.9. The normalized spacial score (nSPS) is 19.1. The summed E-state index contributed by atoms with van der Waals surface area (Å²) in [4.78, 5) is 90.6. The molecule has 3 aromatic carbocycles. The van der Waals surface area contributed by atoms with E-state index in [-0.39, 0.29) is 105 Å². The largest absolute Gasteiger partial charge is 0.417 e. The number of carbonyl (C=O) groups is 5. The molecule has 3 aliphatic heterocycles. The molecular formula is C59H72F5N11O8S. The number of nitrogens with one attached hydrogen (secondary N) is 3. The zero-order valence-electron chi connectivity index (χ0n) is 48.1. The molecule has 4 N–H and O–H groups in total. The number of β-amino-alcohol motifs (C(OH)–C–C–N with tert-alkyl or cyclic N) is 1. The first-order valence-corrected chi connectivity index (χ1v) is 28.8. The predicted octanol–water partition coefficient (Wildman–Crippen LogP) is 6.92. The third kappa shape index (κ3) is 15.6. The Morgan fingerprint density at radius 3 is 2.08 bits per heavy atom. The van der Waals surface area contributed by atoms with Gasteiger partial charge in [-0.05, 0) is 74.7 Å². The fraction of sp³-hybridized carbons (Fsp3) is 0.492. The number of carbonyl (C=O) groups excluding carboxylic acids is 5. The topological polar surface area (TPSA) is 215 Å². The van der Waals surface area contributed by atoms with Gasteiger partial charge in [0.2, 0.25) is 29.6 Å². The molecule has 0 radical (unpaired) electrons. The van der Waals surface area contributed by atoms with Gasteiger partial charge in [-0.2, -0.15) is 13.2 Å². The Labute approximate surface area is 488 Å². The Morgan fingerprint density at radius 2 is 1.46 bits per heavy atom. The van der Waals surface area contributed by atoms with E-state index in [1.54, 1.807) is 21.7 Å². The second kappa shape index (κ2) is 27.2. The summed E-state index contributed by atoms with van der Waals surface area (Å²) in [5.41, 5.74) is 2.15. The van der Waals surface area contributed by atoms with Gasteiger partial charge >= 0.3 is 6.18 Å². The Hall–Kier alpha value is -7.19. The van der Waals surface area contributed by atoms with Crippen LogP contribution in [0.15, 0.2) is 72.5 Å². The first-order chi connectivity index (χ1) is 39.9. The van der Waals surface area contributed by atoms with Crippen molar-refractivity contribution in [3.8, 4) is 21.6 Å². The van der Waals surface area contributed by atoms with Crippen LogP contribution in [0.5, 0.6) is 0 Å². The summed E-state index contributed by atoms with van der Waals surface area (Å²) in [6.07, 6.45) is -3.01. The zero-order valence-corrected chi connectivity index (χ0v) is 48.9. The fourth-order valence-electron chi connectivity index (χ4n) is 10.5. The molecular weight excluding hydrogens is 1120 g/mol. The maximum absolute atomic E-state index is 16.2. The number of thiazole rings is 1. The average molecular weight is 1190 g/mol. The summed E-state index contributed by atoms with van der Waals surface area (Å²) < 4.78 is 83.4. The molecule has 5 amide bonds. The SMILES string of the molecule is Cc1ncsc1-c1ccc(CNC(=O)[C@@H]2C[C@@H](O)CN2C(=O)C(NC(=O)CCOCCOCCC(=O)N2CCN(c3ncc(-c4cc(NC(=O)c5ccc(F)cc5C(F)(F)F)c(N5C[C@@H](C)N(C)[C@@H](C)C5)cc4F)cn3)CC2)C(C)(C)C)cc1. The Kier molecular flexibility index (Phi) is 20.4. The molecule has 3 saturated heterocycles. The first-order valence-electron chi connectivity index (χ1n) is 27.9. The van der Waals surface area contributed by atoms with Crippen molar-refractivity contribution in [3.05, 3.63) is 107 Å². The molecule has 0 saturated carbocycles. The smallest absolute Gasteiger partial charge is 0.391 e. The Balaban J connectivity index is 0.759. The van der Waals surface area contributed by atoms with Gasteiger partial charge < -0.3 is 50.1 Å². The highest BCUT2D eigenvalue weighted by atomic mass is 32.1. The van der Waals surface area contributed by atoms with Crippen LogP contribution in [0.3, 0.4) is 0 Å². The third-order valence-electron chi connectivity index (χ3n) is 15.4. The fourth-order valence-corrected chi connectivity index (χ4v) is 11.3. The highest BCUT2D eigenvalue weighted by molar-refractivity contribution is 7.13. The van der Waals surface area contributed by atoms with E-state index in [0.717, 1.165) is 33.8 Å². The van der Waals surface area contributed by atoms with Crippen LogP contribution < -0.4 is 25.8 Å². The van der Waals surface area contributed by atoms with Crippen molar-refractivity contribution >= 4 is 58.2 Å². The van der Waals surface area contributed by atoms with E-state index in [2.05, 4.69) is 35.8 Å². The van der Waals surface area contributed by atoms with Gasteiger partial charge in [-0.3, -0.25) is 28.9 Å². The number of aliphatic hydroxyl groups is 1. The number of aliphatic hydroxyl groups excluding tert-OH is 1. The van der Waals surface area contributed by atoms with Crippen LogP contribution in [0.4, 0.5) is 39.3 Å². The van der Waals surface area contributed by atoms with Crippen LogP contribution in [0.2, 0.25) is 0 Å². The van der Waals surface area contributed by atoms with E-state index in [1.165, 1.54) is 29.4 Å². The lowest BCUT2D eigenvalue weighted by Crippen LogP contribution is -2.57. The molecule has 0 spiro atoms. The summed E-state index contributed by atoms with van der Waals surface area (Å²) in [7, 11) is 1.96. The van der Waals surface area contributed by atoms with Crippen molar-refractivity contribution in [2.75, 3.05) is 94.4 Å². The van der Waals surface area contributed by atoms with Crippen molar-refractivity contribution in [1.29, 1.82) is 0 Å². The number of ether oxygens (including phenoxy) is 2. The molecule has 452 valence electrons. The van der Waals surface area contributed by atoms with Crippen molar-refractivity contribution < 1.29 is 60.5 Å². The molecule has 8 rings (SSSR count). The molecule has 19 nitrogen and oxygen atoms in total. The summed E-state index contributed by atoms with van der Waals surface area (Å²) in [5.74, 6) is -4.10. The number of nitrogens with zero attached hydrogens (tertiary/aromatic N) is 8. The van der Waals surface area contributed by atoms with Crippen LogP contribution in [-0.2, 0) is 41.4 Å². The number of anilines is 3. The van der Waals surface area contributed by atoms with Crippen LogP contribution in [-0.4, -0.2) is 174 Å². The Morgan fingerprint density at radius 1 is 0.810 bits per heavy atom. The minimum atomic E-state index is -5.03. The second-order valence-corrected chi connectivity index (χ2v) is 23.4. The molecule has 3 fully saturated rings. The molecule has 5 atom stereocenters. The average Bonchev–Trinajstić information content (AvgIpc) is 4.16. The standard InChI is InChI=1S/C59H72F5N11O8S/c1-35-31-74(32-36(2)71(35)7)48-27-46(61)44(26-47(48)69-54(79)43-13-12-41(60)24-45(43)59(62,63)64)40-29-66-57(67-30-40)73-18-16-72(17-19-73)51(78)15-21-83-23-22-82-20-14-50(77)70-53(58(4,5)6)56(81)75-33-42(76)25-49(75)55(80)65-28-38-8-10-39(11-9-38)52-37(3)68-34-84-52/h8-13,24,26-27,29-30,34-36,42,49,53,76H,14-23,25,28,31-33H2,1-7H3,(H,65,80)(H,69,79)(H,70,77)/t35-,36+,42-,49+,53?/m1/s1. The number of hydrogen-bond acceptors (Lipinski definition) is 15. The van der Waals surface area contributed by atoms with Gasteiger partial charge in [0.25, 0.3) is 5.91 Å². The molecule has 3 aliphatic rings. The second-order valence-electron chi connectivity index (χ2n) is 22.6. The minimum Gasteiger partial charge on any atom is -0.391 e. The first kappa shape index (κ1) is 62.8. The van der Waals surface area contributed by atoms with Gasteiger partial charge in [-0.25, -0.2) is 23.7 Å². The molecule has 1 unspecified atom stereocenters. The van der Waals surface area contributed by atoms with E-state index in [1.807, 2.05) is 82.7 Å². The van der Waals surface area contributed by atoms with Crippen LogP contribution in [0, 0.1) is 24.0 Å². The lowest BCUT2D eigenvalue weighted by Gasteiger charge is -2.44. The number of likely N-dealkylation sites (tertiary alicyclic amines) is 1. The van der Waals surface area contributed by atoms with Crippen molar-refractivity contribution in [2.24, 2.45) is 5.41 Å². The van der Waals surface area contributed by atoms with Crippen LogP contribution >= 0.6 is 11.3 Å². The van der Waals surface area contributed by atoms with E-state index in [0.29, 0.717) is 45.2 Å². The highest BCUT2D eigenvalue weighted by Crippen LogP contribution is 2.38. The van der Waals surface area contributed by atoms with Crippen molar-refractivity contribution in [1.82, 2.24) is 40.3 Å². The van der Waals surface area contributed by atoms with E-state index < -0.39 is 76.2 Å². The predicted molar refractivity (Wildman–Crippen MR) is 307 cm³/mol. The van der Waals surface area contributed by atoms with Crippen molar-refractivity contribution in [3.63, 3.8) is 0 Å². The van der Waals surface area contributed by atoms with Crippen LogP contribution in [0.25, 0.3) is 21.6 Å². The number of amides is 5. The van der Waals surface area contributed by atoms with Gasteiger partial charge in [-0.15, -0.1) is 11.3 Å². The van der Waals surface area contributed by atoms with E-state index in [4.69, 9.17) is 9.47 Å². The molecule has 5 heterocycles. The maximum atomic E-state index is 16.2. The highest BCUT2D eigenvalue weighted by Gasteiger charge is 2.45. The molecule has 84 heavy (non-hydrogen) atoms. The minimum absolute atomic E-state index is 0.0133. The number of likely N-dealkylation sites (N-methyl/N-ethyl adjacent to an activating group) is 1. The number of hydrogen-bond donors (Lipinski definition) is 4. The number of halogens is 5. The zero-order chi connectivity index (χ0) is 60.6. The van der Waals surface area contributed by atoms with Gasteiger partial charge in [0, 0.05) is 101 Å². The molecule has 5 aromatic rings. The van der Waals surface area contributed by atoms with Crippen molar-refractivity contribution in [2.45, 2.75) is 104 Å². The summed E-state index contributed by atoms with van der Waals surface area (Å²) in [6.45, 7) is 14.4. The van der Waals surface area contributed by atoms with E-state index in [9.17, 15) is 46.6 Å². The Bertz CT molecular complexity index is 3130. The lowest BCUT2D eigenvalue weighted by atomic mass is 9.85. The van der Waals surface area contributed by atoms with Gasteiger partial charge in [0.15, 0.2) is 0 Å². The van der Waals surface area contributed by atoms with Gasteiger partial charge in [0.1, 0.15) is 23.7 Å². The molecule has 25 heteroatoms. The lowest BCUT2D eigenvalue weighted by molar-refractivity contribution is -0.144. The van der Waals surface area contributed by atoms with Gasteiger partial charge in [-0.1, -0.05) is 45.0 Å². The summed E-state index contributed by atoms with van der Waals surface area (Å²) >= 11 is 1.55. The number of rotatable bonds is 20. The van der Waals surface area contributed by atoms with Crippen LogP contribution in [0.1, 0.15) is 81.1 Å². The maximum Gasteiger partial charge on any atom is 0.417 e. The van der Waals surface area contributed by atoms with Gasteiger partial charge in [0.05, 0.1) is 77.5 Å². The molecule has 0 bridgehead atoms. The molecule has 0 aliphatic carbocycles. The molecule has 2 aromatic heterocycles. The monoisotopic (exact) mass is 1190 g/mol. The number of piperazine rings is 2. The third-order valence-corrected chi connectivity index (χ3v) is 16.4. The number of aromatic nitrogens is 3. The quantitative estimate of drug-likeness (QED) is 0.0460. The van der Waals surface area contributed by atoms with E-state index >= 15 is 4.39 Å². The number of aryl methyl sites for hydroxylation is 1.